The lowest BCUT2D eigenvalue weighted by Gasteiger charge is -2.23. The van der Waals surface area contributed by atoms with Crippen molar-refractivity contribution in [3.8, 4) is 0 Å². The van der Waals surface area contributed by atoms with Crippen molar-refractivity contribution in [3.63, 3.8) is 0 Å². The highest BCUT2D eigenvalue weighted by atomic mass is 35.5. The van der Waals surface area contributed by atoms with E-state index >= 15 is 0 Å². The summed E-state index contributed by atoms with van der Waals surface area (Å²) in [7, 11) is 0. The summed E-state index contributed by atoms with van der Waals surface area (Å²) in [5.41, 5.74) is 1.27. The Kier molecular flexibility index (Phi) is 5.66. The van der Waals surface area contributed by atoms with Gasteiger partial charge in [-0.05, 0) is 24.1 Å². The number of nitrogens with zero attached hydrogens (tertiary/aromatic N) is 1. The van der Waals surface area contributed by atoms with Crippen molar-refractivity contribution in [1.82, 2.24) is 4.90 Å². The van der Waals surface area contributed by atoms with E-state index in [1.807, 2.05) is 6.92 Å². The Labute approximate surface area is 115 Å². The molecule has 0 N–H and O–H groups in total. The monoisotopic (exact) mass is 293 g/mol. The Bertz CT molecular complexity index is 417. The maximum Gasteiger partial charge on any atom is 0.406 e. The molecule has 0 aliphatic heterocycles. The van der Waals surface area contributed by atoms with Crippen molar-refractivity contribution in [2.24, 2.45) is 0 Å². The molecular formula is C13H15ClF3NO. The summed E-state index contributed by atoms with van der Waals surface area (Å²) in [5, 5.41) is 0. The van der Waals surface area contributed by atoms with Crippen LogP contribution in [0.4, 0.5) is 13.2 Å². The molecule has 106 valence electrons. The fourth-order valence-electron chi connectivity index (χ4n) is 1.64. The molecule has 0 unspecified atom stereocenters. The van der Waals surface area contributed by atoms with Crippen LogP contribution in [0, 0.1) is 0 Å². The average molecular weight is 294 g/mol. The third-order valence-electron chi connectivity index (χ3n) is 2.62. The SMILES string of the molecule is CCc1ccc(C(=O)N(CCCl)CC(F)(F)F)cc1. The second kappa shape index (κ2) is 6.80. The van der Waals surface area contributed by atoms with Crippen molar-refractivity contribution in [2.45, 2.75) is 19.5 Å². The molecule has 0 heterocycles. The number of amides is 1. The Hall–Kier alpha value is -1.23. The lowest BCUT2D eigenvalue weighted by molar-refractivity contribution is -0.140. The summed E-state index contributed by atoms with van der Waals surface area (Å²) in [4.78, 5) is 12.7. The van der Waals surface area contributed by atoms with Gasteiger partial charge in [0.05, 0.1) is 0 Å². The van der Waals surface area contributed by atoms with Crippen LogP contribution in [0.25, 0.3) is 0 Å². The number of aryl methyl sites for hydroxylation is 1. The Balaban J connectivity index is 2.85. The molecule has 1 amide bonds. The highest BCUT2D eigenvalue weighted by molar-refractivity contribution is 6.18. The predicted octanol–water partition coefficient (Wildman–Crippen LogP) is 3.49. The number of benzene rings is 1. The number of carbonyl (C=O) groups is 1. The normalized spacial score (nSPS) is 11.4. The van der Waals surface area contributed by atoms with Crippen molar-refractivity contribution in [2.75, 3.05) is 19.0 Å². The zero-order valence-corrected chi connectivity index (χ0v) is 11.3. The molecule has 0 spiro atoms. The highest BCUT2D eigenvalue weighted by Gasteiger charge is 2.33. The van der Waals surface area contributed by atoms with Crippen LogP contribution in [0.3, 0.4) is 0 Å². The first-order valence-corrected chi connectivity index (χ1v) is 6.41. The minimum atomic E-state index is -4.43. The van der Waals surface area contributed by atoms with Gasteiger partial charge in [0.1, 0.15) is 6.54 Å². The Morgan fingerprint density at radius 2 is 1.84 bits per heavy atom. The largest absolute Gasteiger partial charge is 0.406 e. The zero-order chi connectivity index (χ0) is 14.5. The smallest absolute Gasteiger partial charge is 0.328 e. The van der Waals surface area contributed by atoms with Gasteiger partial charge >= 0.3 is 6.18 Å². The molecule has 0 saturated heterocycles. The second-order valence-electron chi connectivity index (χ2n) is 4.08. The second-order valence-corrected chi connectivity index (χ2v) is 4.46. The number of alkyl halides is 4. The van der Waals surface area contributed by atoms with Crippen molar-refractivity contribution in [3.05, 3.63) is 35.4 Å². The van der Waals surface area contributed by atoms with Crippen molar-refractivity contribution >= 4 is 17.5 Å². The summed E-state index contributed by atoms with van der Waals surface area (Å²) in [6, 6.07) is 6.55. The maximum atomic E-state index is 12.4. The number of carbonyl (C=O) groups excluding carboxylic acids is 1. The van der Waals surface area contributed by atoms with Crippen molar-refractivity contribution in [1.29, 1.82) is 0 Å². The van der Waals surface area contributed by atoms with Gasteiger partial charge < -0.3 is 4.90 Å². The first-order valence-electron chi connectivity index (χ1n) is 5.88. The van der Waals surface area contributed by atoms with Crippen LogP contribution in [-0.2, 0) is 6.42 Å². The standard InChI is InChI=1S/C13H15ClF3NO/c1-2-10-3-5-11(6-4-10)12(19)18(8-7-14)9-13(15,16)17/h3-6H,2,7-9H2,1H3. The van der Waals surface area contributed by atoms with E-state index in [-0.39, 0.29) is 18.0 Å². The summed E-state index contributed by atoms with van der Waals surface area (Å²) in [5.74, 6) is -0.685. The van der Waals surface area contributed by atoms with Crippen LogP contribution < -0.4 is 0 Å². The lowest BCUT2D eigenvalue weighted by atomic mass is 10.1. The molecule has 0 aliphatic carbocycles. The molecule has 0 bridgehead atoms. The van der Waals surface area contributed by atoms with E-state index in [9.17, 15) is 18.0 Å². The topological polar surface area (TPSA) is 20.3 Å². The van der Waals surface area contributed by atoms with Crippen LogP contribution in [-0.4, -0.2) is 36.0 Å². The third-order valence-corrected chi connectivity index (χ3v) is 2.79. The van der Waals surface area contributed by atoms with E-state index in [2.05, 4.69) is 0 Å². The van der Waals surface area contributed by atoms with E-state index in [1.54, 1.807) is 24.3 Å². The number of rotatable bonds is 5. The van der Waals surface area contributed by atoms with Gasteiger partial charge in [-0.2, -0.15) is 13.2 Å². The predicted molar refractivity (Wildman–Crippen MR) is 68.5 cm³/mol. The summed E-state index contributed by atoms with van der Waals surface area (Å²) < 4.78 is 37.2. The van der Waals surface area contributed by atoms with E-state index in [0.29, 0.717) is 4.90 Å². The van der Waals surface area contributed by atoms with Crippen LogP contribution >= 0.6 is 11.6 Å². The maximum absolute atomic E-state index is 12.4. The molecule has 1 aromatic rings. The molecule has 19 heavy (non-hydrogen) atoms. The molecule has 0 saturated carbocycles. The molecule has 2 nitrogen and oxygen atoms in total. The van der Waals surface area contributed by atoms with Gasteiger partial charge in [0.15, 0.2) is 0 Å². The summed E-state index contributed by atoms with van der Waals surface area (Å²) >= 11 is 5.44. The quantitative estimate of drug-likeness (QED) is 0.761. The third kappa shape index (κ3) is 5.11. The molecule has 0 atom stereocenters. The first-order chi connectivity index (χ1) is 8.87. The lowest BCUT2D eigenvalue weighted by Crippen LogP contribution is -2.40. The molecule has 1 rings (SSSR count). The van der Waals surface area contributed by atoms with E-state index in [1.165, 1.54) is 0 Å². The molecule has 0 fully saturated rings. The summed E-state index contributed by atoms with van der Waals surface area (Å²) in [6.45, 7) is 0.545. The van der Waals surface area contributed by atoms with Gasteiger partial charge in [-0.25, -0.2) is 0 Å². The zero-order valence-electron chi connectivity index (χ0n) is 10.5. The molecular weight excluding hydrogens is 279 g/mol. The van der Waals surface area contributed by atoms with Gasteiger partial charge in [-0.15, -0.1) is 11.6 Å². The van der Waals surface area contributed by atoms with Crippen molar-refractivity contribution < 1.29 is 18.0 Å². The van der Waals surface area contributed by atoms with Gasteiger partial charge in [-0.1, -0.05) is 19.1 Å². The molecule has 0 radical (unpaired) electrons. The fraction of sp³-hybridized carbons (Fsp3) is 0.462. The minimum absolute atomic E-state index is 0.0329. The van der Waals surface area contributed by atoms with E-state index in [0.717, 1.165) is 12.0 Å². The van der Waals surface area contributed by atoms with Crippen LogP contribution in [0.15, 0.2) is 24.3 Å². The van der Waals surface area contributed by atoms with E-state index in [4.69, 9.17) is 11.6 Å². The van der Waals surface area contributed by atoms with Gasteiger partial charge in [0.25, 0.3) is 5.91 Å². The number of hydrogen-bond acceptors (Lipinski definition) is 1. The average Bonchev–Trinajstić information content (AvgIpc) is 2.36. The fourth-order valence-corrected chi connectivity index (χ4v) is 1.84. The van der Waals surface area contributed by atoms with Crippen LogP contribution in [0.2, 0.25) is 0 Å². The van der Waals surface area contributed by atoms with Crippen LogP contribution in [0.1, 0.15) is 22.8 Å². The van der Waals surface area contributed by atoms with Gasteiger partial charge in [-0.3, -0.25) is 4.79 Å². The molecule has 0 aromatic heterocycles. The molecule has 0 aliphatic rings. The number of halogens is 4. The highest BCUT2D eigenvalue weighted by Crippen LogP contribution is 2.18. The Morgan fingerprint density at radius 1 is 1.26 bits per heavy atom. The van der Waals surface area contributed by atoms with Crippen LogP contribution in [0.5, 0.6) is 0 Å². The van der Waals surface area contributed by atoms with E-state index < -0.39 is 18.6 Å². The number of hydrogen-bond donors (Lipinski definition) is 0. The first kappa shape index (κ1) is 15.8. The minimum Gasteiger partial charge on any atom is -0.328 e. The summed E-state index contributed by atoms with van der Waals surface area (Å²) in [6.07, 6.45) is -3.62. The van der Waals surface area contributed by atoms with Gasteiger partial charge in [0.2, 0.25) is 0 Å². The Morgan fingerprint density at radius 3 is 2.26 bits per heavy atom. The molecule has 6 heteroatoms. The molecule has 1 aromatic carbocycles. The van der Waals surface area contributed by atoms with Gasteiger partial charge in [0, 0.05) is 18.0 Å².